The van der Waals surface area contributed by atoms with E-state index in [0.717, 1.165) is 43.1 Å². The zero-order chi connectivity index (χ0) is 24.1. The SMILES string of the molecule is F/C(=C\C(F)(F)F)C1CCC(C2CCC(CCC3CCC(c4cc[c-]cc4F)CC3)CC2)CC1.[Li+]. The number of alkyl halides is 3. The molecule has 0 spiro atoms. The minimum absolute atomic E-state index is 0. The van der Waals surface area contributed by atoms with E-state index in [2.05, 4.69) is 6.07 Å². The van der Waals surface area contributed by atoms with Gasteiger partial charge in [0.25, 0.3) is 0 Å². The van der Waals surface area contributed by atoms with Crippen molar-refractivity contribution in [3.63, 3.8) is 0 Å². The van der Waals surface area contributed by atoms with Crippen LogP contribution in [-0.4, -0.2) is 6.18 Å². The molecule has 0 saturated heterocycles. The van der Waals surface area contributed by atoms with Crippen LogP contribution in [0.5, 0.6) is 0 Å². The zero-order valence-corrected chi connectivity index (χ0v) is 21.1. The van der Waals surface area contributed by atoms with E-state index in [0.29, 0.717) is 30.6 Å². The van der Waals surface area contributed by atoms with Crippen LogP contribution in [0.4, 0.5) is 22.0 Å². The molecule has 0 unspecified atom stereocenters. The minimum Gasteiger partial charge on any atom is -0.284 e. The van der Waals surface area contributed by atoms with Crippen LogP contribution < -0.4 is 18.9 Å². The van der Waals surface area contributed by atoms with Crippen molar-refractivity contribution in [1.82, 2.24) is 0 Å². The largest absolute Gasteiger partial charge is 1.00 e. The zero-order valence-electron chi connectivity index (χ0n) is 21.1. The maximum atomic E-state index is 14.1. The molecule has 190 valence electrons. The molecule has 3 saturated carbocycles. The molecule has 0 atom stereocenters. The molecule has 1 aromatic carbocycles. The second-order valence-corrected chi connectivity index (χ2v) is 11.2. The summed E-state index contributed by atoms with van der Waals surface area (Å²) in [7, 11) is 0. The van der Waals surface area contributed by atoms with E-state index in [4.69, 9.17) is 0 Å². The molecule has 35 heavy (non-hydrogen) atoms. The topological polar surface area (TPSA) is 0 Å². The van der Waals surface area contributed by atoms with Gasteiger partial charge in [-0.15, -0.1) is 11.6 Å². The normalized spacial score (nSPS) is 32.7. The summed E-state index contributed by atoms with van der Waals surface area (Å²) in [6.45, 7) is 0. The van der Waals surface area contributed by atoms with Gasteiger partial charge in [-0.3, -0.25) is 4.39 Å². The number of halogens is 5. The van der Waals surface area contributed by atoms with Gasteiger partial charge >= 0.3 is 25.0 Å². The van der Waals surface area contributed by atoms with Crippen LogP contribution in [-0.2, 0) is 0 Å². The van der Waals surface area contributed by atoms with Crippen LogP contribution in [0.25, 0.3) is 0 Å². The summed E-state index contributed by atoms with van der Waals surface area (Å²) < 4.78 is 65.2. The van der Waals surface area contributed by atoms with Gasteiger partial charge in [0.15, 0.2) is 0 Å². The minimum atomic E-state index is -4.56. The van der Waals surface area contributed by atoms with Gasteiger partial charge in [-0.25, -0.2) is 4.39 Å². The van der Waals surface area contributed by atoms with Gasteiger partial charge in [0.05, 0.1) is 6.08 Å². The first-order chi connectivity index (χ1) is 16.3. The molecule has 0 nitrogen and oxygen atoms in total. The van der Waals surface area contributed by atoms with E-state index < -0.39 is 17.9 Å². The third kappa shape index (κ3) is 8.36. The standard InChI is InChI=1S/C29H38F5.Li/c30-27-4-2-1-3-26(27)24-13-9-21(10-14-24)6-5-20-7-11-22(12-8-20)23-15-17-25(18-16-23)28(31)19-29(32,33)34;/h1,3-4,19-25H,5-18H2;/q-1;+1/b28-19-;. The van der Waals surface area contributed by atoms with Crippen molar-refractivity contribution in [3.8, 4) is 0 Å². The second kappa shape index (κ2) is 13.1. The van der Waals surface area contributed by atoms with Crippen molar-refractivity contribution in [3.05, 3.63) is 47.5 Å². The Morgan fingerprint density at radius 3 is 1.86 bits per heavy atom. The molecule has 1 aromatic rings. The molecule has 0 radical (unpaired) electrons. The predicted molar refractivity (Wildman–Crippen MR) is 125 cm³/mol. The quantitative estimate of drug-likeness (QED) is 0.237. The van der Waals surface area contributed by atoms with Crippen LogP contribution >= 0.6 is 0 Å². The Labute approximate surface area is 219 Å². The molecule has 3 aliphatic carbocycles. The third-order valence-corrected chi connectivity index (χ3v) is 9.14. The molecule has 0 bridgehead atoms. The average molecular weight is 489 g/mol. The Balaban J connectivity index is 0.00000342. The van der Waals surface area contributed by atoms with Crippen LogP contribution in [0, 0.1) is 41.5 Å². The van der Waals surface area contributed by atoms with Gasteiger partial charge in [0.1, 0.15) is 5.83 Å². The molecule has 0 amide bonds. The fourth-order valence-electron chi connectivity index (χ4n) is 7.08. The van der Waals surface area contributed by atoms with Crippen molar-refractivity contribution in [1.29, 1.82) is 0 Å². The smallest absolute Gasteiger partial charge is 0.284 e. The van der Waals surface area contributed by atoms with E-state index >= 15 is 0 Å². The van der Waals surface area contributed by atoms with Crippen LogP contribution in [0.15, 0.2) is 30.1 Å². The van der Waals surface area contributed by atoms with Crippen molar-refractivity contribution >= 4 is 0 Å². The van der Waals surface area contributed by atoms with Gasteiger partial charge in [-0.05, 0) is 93.8 Å². The van der Waals surface area contributed by atoms with Crippen LogP contribution in [0.2, 0.25) is 0 Å². The summed E-state index contributed by atoms with van der Waals surface area (Å²) in [4.78, 5) is 0. The van der Waals surface area contributed by atoms with Crippen molar-refractivity contribution in [2.45, 2.75) is 102 Å². The molecule has 0 aromatic heterocycles. The molecule has 0 N–H and O–H groups in total. The first-order valence-electron chi connectivity index (χ1n) is 13.4. The van der Waals surface area contributed by atoms with Crippen LogP contribution in [0.3, 0.4) is 0 Å². The van der Waals surface area contributed by atoms with E-state index in [9.17, 15) is 22.0 Å². The Hall–Kier alpha value is -0.793. The molecule has 6 heteroatoms. The fourth-order valence-corrected chi connectivity index (χ4v) is 7.08. The Morgan fingerprint density at radius 2 is 1.34 bits per heavy atom. The number of rotatable bonds is 6. The molecule has 4 rings (SSSR count). The van der Waals surface area contributed by atoms with Gasteiger partial charge in [-0.1, -0.05) is 25.7 Å². The fraction of sp³-hybridized carbons (Fsp3) is 0.724. The van der Waals surface area contributed by atoms with Crippen molar-refractivity contribution < 1.29 is 40.8 Å². The van der Waals surface area contributed by atoms with Crippen LogP contribution in [0.1, 0.15) is 101 Å². The van der Waals surface area contributed by atoms with E-state index in [-0.39, 0.29) is 30.8 Å². The number of hydrogen-bond acceptors (Lipinski definition) is 0. The number of allylic oxidation sites excluding steroid dienone is 2. The maximum Gasteiger partial charge on any atom is 1.00 e. The monoisotopic (exact) mass is 488 g/mol. The van der Waals surface area contributed by atoms with Gasteiger partial charge in [-0.2, -0.15) is 31.4 Å². The summed E-state index contributed by atoms with van der Waals surface area (Å²) >= 11 is 0. The average Bonchev–Trinajstić information content (AvgIpc) is 2.83. The summed E-state index contributed by atoms with van der Waals surface area (Å²) in [6.07, 6.45) is 10.2. The Bertz CT molecular complexity index is 796. The molecular formula is C29H38F5Li. The predicted octanol–water partition coefficient (Wildman–Crippen LogP) is 6.71. The molecule has 3 fully saturated rings. The van der Waals surface area contributed by atoms with E-state index in [1.807, 2.05) is 12.1 Å². The van der Waals surface area contributed by atoms with E-state index in [1.54, 1.807) is 0 Å². The van der Waals surface area contributed by atoms with Gasteiger partial charge < -0.3 is 0 Å². The molecule has 0 aliphatic heterocycles. The first-order valence-corrected chi connectivity index (χ1v) is 13.4. The number of benzene rings is 1. The Morgan fingerprint density at radius 1 is 0.829 bits per heavy atom. The second-order valence-electron chi connectivity index (χ2n) is 11.2. The maximum absolute atomic E-state index is 14.1. The summed E-state index contributed by atoms with van der Waals surface area (Å²) in [6, 6.07) is 7.97. The summed E-state index contributed by atoms with van der Waals surface area (Å²) in [5.74, 6) is 1.51. The molecule has 3 aliphatic rings. The van der Waals surface area contributed by atoms with Crippen molar-refractivity contribution in [2.75, 3.05) is 0 Å². The molecular weight excluding hydrogens is 450 g/mol. The number of hydrogen-bond donors (Lipinski definition) is 0. The van der Waals surface area contributed by atoms with E-state index in [1.165, 1.54) is 57.4 Å². The summed E-state index contributed by atoms with van der Waals surface area (Å²) in [5, 5.41) is 0. The molecule has 0 heterocycles. The third-order valence-electron chi connectivity index (χ3n) is 9.14. The van der Waals surface area contributed by atoms with Gasteiger partial charge in [0.2, 0.25) is 0 Å². The van der Waals surface area contributed by atoms with Gasteiger partial charge in [0, 0.05) is 11.7 Å². The summed E-state index contributed by atoms with van der Waals surface area (Å²) in [5.41, 5.74) is 0.865. The Kier molecular flexibility index (Phi) is 10.8. The van der Waals surface area contributed by atoms with Crippen molar-refractivity contribution in [2.24, 2.45) is 29.6 Å². The first kappa shape index (κ1) is 28.8.